The van der Waals surface area contributed by atoms with Gasteiger partial charge in [0.2, 0.25) is 5.82 Å². The summed E-state index contributed by atoms with van der Waals surface area (Å²) in [6.07, 6.45) is 18.3. The molecule has 3 nitrogen and oxygen atoms in total. The minimum atomic E-state index is -1.12. The summed E-state index contributed by atoms with van der Waals surface area (Å²) in [6.45, 7) is 5.08. The lowest BCUT2D eigenvalue weighted by atomic mass is 9.80. The Labute approximate surface area is 234 Å². The number of ether oxygens (including phenoxy) is 2. The number of hydrogen-bond donors (Lipinski definition) is 0. The third-order valence-electron chi connectivity index (χ3n) is 8.09. The highest BCUT2D eigenvalue weighted by molar-refractivity contribution is 5.76. The van der Waals surface area contributed by atoms with Gasteiger partial charge in [0.15, 0.2) is 11.6 Å². The molecular weight excluding hydrogens is 494 g/mol. The molecule has 0 amide bonds. The second-order valence-electron chi connectivity index (χ2n) is 11.2. The highest BCUT2D eigenvalue weighted by atomic mass is 19.2. The van der Waals surface area contributed by atoms with Gasteiger partial charge in [0.1, 0.15) is 5.75 Å². The smallest absolute Gasteiger partial charge is 0.314 e. The van der Waals surface area contributed by atoms with Crippen molar-refractivity contribution in [3.63, 3.8) is 0 Å². The zero-order valence-electron chi connectivity index (χ0n) is 24.1. The number of unbranched alkanes of at least 4 members (excludes halogenated alkanes) is 9. The van der Waals surface area contributed by atoms with Gasteiger partial charge in [-0.2, -0.15) is 4.39 Å². The molecule has 216 valence electrons. The van der Waals surface area contributed by atoms with Gasteiger partial charge in [-0.25, -0.2) is 4.39 Å². The van der Waals surface area contributed by atoms with Crippen molar-refractivity contribution < 1.29 is 23.0 Å². The molecule has 39 heavy (non-hydrogen) atoms. The molecule has 1 aliphatic carbocycles. The van der Waals surface area contributed by atoms with Gasteiger partial charge in [-0.15, -0.1) is 0 Å². The maximum absolute atomic E-state index is 15.0. The standard InChI is InChI=1S/C34H48F2O3/c1-3-5-7-9-11-13-25-38-29-21-19-27(20-22-29)30-23-24-31(33(36)32(30)35)39-34(37)28-17-15-26(16-18-28)14-12-10-8-6-4-2/h19-24,26,28H,3-18,25H2,1-2H3/t26-,28-. The Morgan fingerprint density at radius 1 is 0.744 bits per heavy atom. The first-order valence-electron chi connectivity index (χ1n) is 15.5. The molecule has 3 rings (SSSR count). The third-order valence-corrected chi connectivity index (χ3v) is 8.09. The van der Waals surface area contributed by atoms with Gasteiger partial charge in [0.05, 0.1) is 12.5 Å². The van der Waals surface area contributed by atoms with E-state index in [1.165, 1.54) is 76.3 Å². The average Bonchev–Trinajstić information content (AvgIpc) is 2.96. The zero-order chi connectivity index (χ0) is 27.9. The lowest BCUT2D eigenvalue weighted by molar-refractivity contribution is -0.140. The zero-order valence-corrected chi connectivity index (χ0v) is 24.1. The van der Waals surface area contributed by atoms with E-state index < -0.39 is 17.6 Å². The molecule has 0 radical (unpaired) electrons. The van der Waals surface area contributed by atoms with E-state index in [-0.39, 0.29) is 17.2 Å². The maximum atomic E-state index is 15.0. The van der Waals surface area contributed by atoms with Crippen LogP contribution in [0.3, 0.4) is 0 Å². The Morgan fingerprint density at radius 3 is 2.03 bits per heavy atom. The van der Waals surface area contributed by atoms with Crippen LogP contribution in [-0.2, 0) is 4.79 Å². The molecule has 0 unspecified atom stereocenters. The summed E-state index contributed by atoms with van der Waals surface area (Å²) in [5, 5.41) is 0. The lowest BCUT2D eigenvalue weighted by Crippen LogP contribution is -2.26. The third kappa shape index (κ3) is 10.2. The molecule has 2 aromatic rings. The molecule has 5 heteroatoms. The summed E-state index contributed by atoms with van der Waals surface area (Å²) in [5.74, 6) is -1.78. The van der Waals surface area contributed by atoms with Crippen LogP contribution < -0.4 is 9.47 Å². The van der Waals surface area contributed by atoms with Crippen LogP contribution in [0.5, 0.6) is 11.5 Å². The minimum Gasteiger partial charge on any atom is -0.494 e. The second kappa shape index (κ2) is 17.3. The van der Waals surface area contributed by atoms with Crippen molar-refractivity contribution in [2.45, 2.75) is 117 Å². The Morgan fingerprint density at radius 2 is 1.36 bits per heavy atom. The fourth-order valence-corrected chi connectivity index (χ4v) is 5.55. The van der Waals surface area contributed by atoms with Gasteiger partial charge < -0.3 is 9.47 Å². The molecule has 1 aliphatic rings. The van der Waals surface area contributed by atoms with E-state index in [1.807, 2.05) is 0 Å². The van der Waals surface area contributed by atoms with Crippen LogP contribution in [0.25, 0.3) is 11.1 Å². The fourth-order valence-electron chi connectivity index (χ4n) is 5.55. The van der Waals surface area contributed by atoms with Crippen molar-refractivity contribution in [3.8, 4) is 22.6 Å². The second-order valence-corrected chi connectivity index (χ2v) is 11.2. The van der Waals surface area contributed by atoms with Crippen molar-refractivity contribution in [2.24, 2.45) is 11.8 Å². The molecule has 0 aromatic heterocycles. The van der Waals surface area contributed by atoms with E-state index in [1.54, 1.807) is 24.3 Å². The largest absolute Gasteiger partial charge is 0.494 e. The molecule has 2 aromatic carbocycles. The van der Waals surface area contributed by atoms with Crippen molar-refractivity contribution in [1.82, 2.24) is 0 Å². The molecule has 0 saturated heterocycles. The molecule has 0 aliphatic heterocycles. The highest BCUT2D eigenvalue weighted by Gasteiger charge is 2.29. The monoisotopic (exact) mass is 542 g/mol. The predicted molar refractivity (Wildman–Crippen MR) is 155 cm³/mol. The Bertz CT molecular complexity index is 981. The number of carbonyl (C=O) groups is 1. The van der Waals surface area contributed by atoms with E-state index >= 15 is 0 Å². The fraction of sp³-hybridized carbons (Fsp3) is 0.618. The summed E-state index contributed by atoms with van der Waals surface area (Å²) in [6, 6.07) is 9.84. The molecule has 0 bridgehead atoms. The quantitative estimate of drug-likeness (QED) is 0.113. The van der Waals surface area contributed by atoms with Gasteiger partial charge in [0.25, 0.3) is 0 Å². The summed E-state index contributed by atoms with van der Waals surface area (Å²) < 4.78 is 41.0. The van der Waals surface area contributed by atoms with E-state index in [0.717, 1.165) is 38.5 Å². The molecular formula is C34H48F2O3. The Balaban J connectivity index is 1.46. The lowest BCUT2D eigenvalue weighted by Gasteiger charge is -2.27. The minimum absolute atomic E-state index is 0.134. The summed E-state index contributed by atoms with van der Waals surface area (Å²) >= 11 is 0. The van der Waals surface area contributed by atoms with E-state index in [0.29, 0.717) is 23.8 Å². The number of hydrogen-bond acceptors (Lipinski definition) is 3. The van der Waals surface area contributed by atoms with E-state index in [4.69, 9.17) is 9.47 Å². The first-order valence-corrected chi connectivity index (χ1v) is 15.5. The molecule has 0 spiro atoms. The van der Waals surface area contributed by atoms with Gasteiger partial charge in [-0.1, -0.05) is 96.6 Å². The number of carbonyl (C=O) groups excluding carboxylic acids is 1. The van der Waals surface area contributed by atoms with Crippen LogP contribution >= 0.6 is 0 Å². The molecule has 0 N–H and O–H groups in total. The first kappa shape index (κ1) is 31.1. The van der Waals surface area contributed by atoms with Crippen molar-refractivity contribution in [2.75, 3.05) is 6.61 Å². The first-order chi connectivity index (χ1) is 19.0. The number of halogens is 2. The number of esters is 1. The van der Waals surface area contributed by atoms with Crippen LogP contribution in [0, 0.1) is 23.5 Å². The summed E-state index contributed by atoms with van der Waals surface area (Å²) in [4.78, 5) is 12.7. The van der Waals surface area contributed by atoms with Gasteiger partial charge in [-0.3, -0.25) is 4.79 Å². The van der Waals surface area contributed by atoms with Gasteiger partial charge in [-0.05, 0) is 67.9 Å². The van der Waals surface area contributed by atoms with Crippen molar-refractivity contribution in [3.05, 3.63) is 48.0 Å². The molecule has 1 saturated carbocycles. The molecule has 1 fully saturated rings. The van der Waals surface area contributed by atoms with Gasteiger partial charge in [0, 0.05) is 5.56 Å². The topological polar surface area (TPSA) is 35.5 Å². The predicted octanol–water partition coefficient (Wildman–Crippen LogP) is 10.4. The van der Waals surface area contributed by atoms with Gasteiger partial charge >= 0.3 is 5.97 Å². The van der Waals surface area contributed by atoms with Crippen molar-refractivity contribution in [1.29, 1.82) is 0 Å². The molecule has 0 atom stereocenters. The van der Waals surface area contributed by atoms with Crippen LogP contribution in [-0.4, -0.2) is 12.6 Å². The van der Waals surface area contributed by atoms with E-state index in [9.17, 15) is 13.6 Å². The maximum Gasteiger partial charge on any atom is 0.314 e. The van der Waals surface area contributed by atoms with Crippen LogP contribution in [0.1, 0.15) is 117 Å². The Kier molecular flexibility index (Phi) is 13.8. The average molecular weight is 543 g/mol. The van der Waals surface area contributed by atoms with Crippen LogP contribution in [0.15, 0.2) is 36.4 Å². The highest BCUT2D eigenvalue weighted by Crippen LogP contribution is 2.35. The van der Waals surface area contributed by atoms with E-state index in [2.05, 4.69) is 13.8 Å². The molecule has 0 heterocycles. The SMILES string of the molecule is CCCCCCCCOc1ccc(-c2ccc(OC(=O)[C@H]3CC[C@H](CCCCCCC)CC3)c(F)c2F)cc1. The van der Waals surface area contributed by atoms with Crippen LogP contribution in [0.2, 0.25) is 0 Å². The van der Waals surface area contributed by atoms with Crippen LogP contribution in [0.4, 0.5) is 8.78 Å². The summed E-state index contributed by atoms with van der Waals surface area (Å²) in [5.41, 5.74) is 0.679. The normalized spacial score (nSPS) is 17.2. The Hall–Kier alpha value is -2.43. The van der Waals surface area contributed by atoms with Crippen molar-refractivity contribution >= 4 is 5.97 Å². The summed E-state index contributed by atoms with van der Waals surface area (Å²) in [7, 11) is 0. The number of rotatable bonds is 17. The number of benzene rings is 2.